The van der Waals surface area contributed by atoms with Crippen LogP contribution in [-0.4, -0.2) is 54.5 Å². The lowest BCUT2D eigenvalue weighted by atomic mass is 10.1. The summed E-state index contributed by atoms with van der Waals surface area (Å²) in [5.74, 6) is -1.57. The van der Waals surface area contributed by atoms with Gasteiger partial charge >= 0.3 is 5.97 Å². The molecule has 0 aromatic heterocycles. The SMILES string of the molecule is Cc1ccc(C(=O)OCC(=O)N(Cc2ccccc2)[C@@H]2CCS(=O)(=O)C2)c(O)c1. The number of phenolic OH excluding ortho intramolecular Hbond substituents is 1. The van der Waals surface area contributed by atoms with Crippen molar-refractivity contribution < 1.29 is 27.9 Å². The number of carbonyl (C=O) groups is 2. The minimum atomic E-state index is -3.18. The smallest absolute Gasteiger partial charge is 0.342 e. The maximum absolute atomic E-state index is 12.8. The van der Waals surface area contributed by atoms with Gasteiger partial charge < -0.3 is 14.7 Å². The fraction of sp³-hybridized carbons (Fsp3) is 0.333. The highest BCUT2D eigenvalue weighted by molar-refractivity contribution is 7.91. The topological polar surface area (TPSA) is 101 Å². The second kappa shape index (κ2) is 8.65. The Kier molecular flexibility index (Phi) is 6.22. The Labute approximate surface area is 169 Å². The van der Waals surface area contributed by atoms with Crippen molar-refractivity contribution in [1.82, 2.24) is 4.90 Å². The van der Waals surface area contributed by atoms with Gasteiger partial charge in [-0.25, -0.2) is 13.2 Å². The van der Waals surface area contributed by atoms with Crippen molar-refractivity contribution >= 4 is 21.7 Å². The fourth-order valence-electron chi connectivity index (χ4n) is 3.32. The Hall–Kier alpha value is -2.87. The van der Waals surface area contributed by atoms with E-state index in [-0.39, 0.29) is 29.4 Å². The standard InChI is InChI=1S/C21H23NO6S/c1-15-7-8-18(19(23)11-15)21(25)28-13-20(24)22(12-16-5-3-2-4-6-16)17-9-10-29(26,27)14-17/h2-8,11,17,23H,9-10,12-14H2,1H3/t17-/m1/s1. The summed E-state index contributed by atoms with van der Waals surface area (Å²) in [5, 5.41) is 9.90. The zero-order chi connectivity index (χ0) is 21.0. The minimum Gasteiger partial charge on any atom is -0.507 e. The number of ether oxygens (including phenoxy) is 1. The zero-order valence-corrected chi connectivity index (χ0v) is 16.9. The third-order valence-corrected chi connectivity index (χ3v) is 6.62. The van der Waals surface area contributed by atoms with Gasteiger partial charge in [0.05, 0.1) is 11.5 Å². The highest BCUT2D eigenvalue weighted by Crippen LogP contribution is 2.22. The Morgan fingerprint density at radius 1 is 1.17 bits per heavy atom. The first-order valence-electron chi connectivity index (χ1n) is 9.26. The van der Waals surface area contributed by atoms with E-state index in [0.717, 1.165) is 11.1 Å². The predicted molar refractivity (Wildman–Crippen MR) is 107 cm³/mol. The molecule has 0 radical (unpaired) electrons. The van der Waals surface area contributed by atoms with Crippen LogP contribution in [0.1, 0.15) is 27.9 Å². The van der Waals surface area contributed by atoms with Gasteiger partial charge in [0, 0.05) is 12.6 Å². The number of esters is 1. The largest absolute Gasteiger partial charge is 0.507 e. The second-order valence-corrected chi connectivity index (χ2v) is 9.39. The molecule has 7 nitrogen and oxygen atoms in total. The molecule has 1 heterocycles. The van der Waals surface area contributed by atoms with E-state index in [9.17, 15) is 23.1 Å². The first-order chi connectivity index (χ1) is 13.7. The van der Waals surface area contributed by atoms with Gasteiger partial charge in [-0.2, -0.15) is 0 Å². The molecule has 0 unspecified atom stereocenters. The molecule has 3 rings (SSSR count). The van der Waals surface area contributed by atoms with E-state index in [4.69, 9.17) is 4.74 Å². The summed E-state index contributed by atoms with van der Waals surface area (Å²) in [4.78, 5) is 26.5. The van der Waals surface area contributed by atoms with Gasteiger partial charge in [0.15, 0.2) is 16.4 Å². The number of aryl methyl sites for hydroxylation is 1. The molecule has 1 amide bonds. The average Bonchev–Trinajstić information content (AvgIpc) is 3.04. The molecular formula is C21H23NO6S. The quantitative estimate of drug-likeness (QED) is 0.722. The number of sulfone groups is 1. The van der Waals surface area contributed by atoms with Gasteiger partial charge in [-0.3, -0.25) is 4.79 Å². The van der Waals surface area contributed by atoms with Crippen molar-refractivity contribution in [2.24, 2.45) is 0 Å². The summed E-state index contributed by atoms with van der Waals surface area (Å²) >= 11 is 0. The summed E-state index contributed by atoms with van der Waals surface area (Å²) in [6.45, 7) is 1.47. The number of rotatable bonds is 6. The Morgan fingerprint density at radius 3 is 2.52 bits per heavy atom. The van der Waals surface area contributed by atoms with E-state index in [0.29, 0.717) is 6.42 Å². The molecule has 0 saturated carbocycles. The van der Waals surface area contributed by atoms with Crippen LogP contribution in [0.5, 0.6) is 5.75 Å². The molecule has 8 heteroatoms. The maximum Gasteiger partial charge on any atom is 0.342 e. The normalized spacial score (nSPS) is 17.6. The molecule has 0 bridgehead atoms. The van der Waals surface area contributed by atoms with Crippen molar-refractivity contribution in [1.29, 1.82) is 0 Å². The first-order valence-corrected chi connectivity index (χ1v) is 11.1. The monoisotopic (exact) mass is 417 g/mol. The molecule has 1 aliphatic rings. The first kappa shape index (κ1) is 20.9. The molecular weight excluding hydrogens is 394 g/mol. The molecule has 29 heavy (non-hydrogen) atoms. The van der Waals surface area contributed by atoms with Crippen LogP contribution < -0.4 is 0 Å². The second-order valence-electron chi connectivity index (χ2n) is 7.16. The number of hydrogen-bond acceptors (Lipinski definition) is 6. The number of aromatic hydroxyl groups is 1. The number of amides is 1. The lowest BCUT2D eigenvalue weighted by molar-refractivity contribution is -0.137. The molecule has 154 valence electrons. The fourth-order valence-corrected chi connectivity index (χ4v) is 5.06. The molecule has 1 fully saturated rings. The van der Waals surface area contributed by atoms with Gasteiger partial charge in [0.2, 0.25) is 0 Å². The molecule has 1 atom stereocenters. The van der Waals surface area contributed by atoms with Crippen LogP contribution in [0, 0.1) is 6.92 Å². The highest BCUT2D eigenvalue weighted by atomic mass is 32.2. The van der Waals surface area contributed by atoms with E-state index < -0.39 is 34.4 Å². The zero-order valence-electron chi connectivity index (χ0n) is 16.1. The number of hydrogen-bond donors (Lipinski definition) is 1. The number of phenols is 1. The lowest BCUT2D eigenvalue weighted by Crippen LogP contribution is -2.42. The Morgan fingerprint density at radius 2 is 1.90 bits per heavy atom. The Balaban J connectivity index is 1.71. The average molecular weight is 417 g/mol. The Bertz CT molecular complexity index is 1000. The van der Waals surface area contributed by atoms with Gasteiger partial charge in [0.25, 0.3) is 5.91 Å². The van der Waals surface area contributed by atoms with E-state index >= 15 is 0 Å². The van der Waals surface area contributed by atoms with E-state index in [2.05, 4.69) is 0 Å². The van der Waals surface area contributed by atoms with Crippen LogP contribution in [0.4, 0.5) is 0 Å². The van der Waals surface area contributed by atoms with E-state index in [1.165, 1.54) is 17.0 Å². The van der Waals surface area contributed by atoms with Crippen molar-refractivity contribution in [2.45, 2.75) is 25.9 Å². The number of carbonyl (C=O) groups excluding carboxylic acids is 2. The minimum absolute atomic E-state index is 0.0264. The molecule has 2 aromatic carbocycles. The molecule has 2 aromatic rings. The maximum atomic E-state index is 12.8. The predicted octanol–water partition coefficient (Wildman–Crippen LogP) is 2.07. The van der Waals surface area contributed by atoms with Gasteiger partial charge in [-0.15, -0.1) is 0 Å². The summed E-state index contributed by atoms with van der Waals surface area (Å²) in [5.41, 5.74) is 1.61. The highest BCUT2D eigenvalue weighted by Gasteiger charge is 2.35. The molecule has 0 spiro atoms. The third-order valence-electron chi connectivity index (χ3n) is 4.87. The van der Waals surface area contributed by atoms with Crippen molar-refractivity contribution in [3.63, 3.8) is 0 Å². The van der Waals surface area contributed by atoms with Gasteiger partial charge in [-0.05, 0) is 36.6 Å². The van der Waals surface area contributed by atoms with Gasteiger partial charge in [0.1, 0.15) is 11.3 Å². The van der Waals surface area contributed by atoms with Crippen LogP contribution in [-0.2, 0) is 25.9 Å². The molecule has 1 aliphatic heterocycles. The van der Waals surface area contributed by atoms with Crippen molar-refractivity contribution in [2.75, 3.05) is 18.1 Å². The van der Waals surface area contributed by atoms with Crippen LogP contribution in [0.2, 0.25) is 0 Å². The summed E-state index contributed by atoms with van der Waals surface area (Å²) in [6, 6.07) is 13.3. The van der Waals surface area contributed by atoms with E-state index in [1.807, 2.05) is 30.3 Å². The lowest BCUT2D eigenvalue weighted by Gasteiger charge is -2.28. The van der Waals surface area contributed by atoms with Crippen LogP contribution >= 0.6 is 0 Å². The summed E-state index contributed by atoms with van der Waals surface area (Å²) in [7, 11) is -3.18. The van der Waals surface area contributed by atoms with E-state index in [1.54, 1.807) is 13.0 Å². The summed E-state index contributed by atoms with van der Waals surface area (Å²) < 4.78 is 28.9. The summed E-state index contributed by atoms with van der Waals surface area (Å²) in [6.07, 6.45) is 0.355. The van der Waals surface area contributed by atoms with Crippen molar-refractivity contribution in [3.8, 4) is 5.75 Å². The number of benzene rings is 2. The van der Waals surface area contributed by atoms with Crippen molar-refractivity contribution in [3.05, 3.63) is 65.2 Å². The third kappa shape index (κ3) is 5.35. The van der Waals surface area contributed by atoms with Crippen LogP contribution in [0.3, 0.4) is 0 Å². The molecule has 0 aliphatic carbocycles. The van der Waals surface area contributed by atoms with Crippen LogP contribution in [0.25, 0.3) is 0 Å². The number of nitrogens with zero attached hydrogens (tertiary/aromatic N) is 1. The molecule has 1 saturated heterocycles. The van der Waals surface area contributed by atoms with Crippen LogP contribution in [0.15, 0.2) is 48.5 Å². The van der Waals surface area contributed by atoms with Gasteiger partial charge in [-0.1, -0.05) is 36.4 Å². The molecule has 1 N–H and O–H groups in total.